The Morgan fingerprint density at radius 1 is 0.884 bits per heavy atom. The fraction of sp³-hybridized carbons (Fsp3) is 0.553. The Morgan fingerprint density at radius 3 is 2.09 bits per heavy atom. The lowest BCUT2D eigenvalue weighted by Gasteiger charge is -2.27. The Balaban J connectivity index is 2.13. The molecule has 1 saturated heterocycles. The molecule has 0 aliphatic carbocycles. The molecule has 1 aromatic carbocycles. The lowest BCUT2D eigenvalue weighted by molar-refractivity contribution is -0.0657. The van der Waals surface area contributed by atoms with Crippen LogP contribution < -0.4 is 0 Å². The standard InChI is InChI=1S/C38H56O5/c1-26(2)12-9-14-28(5)15-10-16-29(6)17-19-31(37(42)33-22-21-32(39)24-34(33)40)20-18-30(7)35-25-36(41)38(8,43-35)23-11-13-27(3)4/h12-13,15,17-18,21-22,24,31,35-36,39-41H,9-11,14,16,19-20,23,25H2,1-8H3/b28-15+,29-17+,30-18+/t31?,35?,36-,38+/m0/s1. The van der Waals surface area contributed by atoms with Crippen LogP contribution in [0.15, 0.2) is 76.4 Å². The van der Waals surface area contributed by atoms with Crippen molar-refractivity contribution in [1.82, 2.24) is 0 Å². The highest BCUT2D eigenvalue weighted by Gasteiger charge is 2.44. The summed E-state index contributed by atoms with van der Waals surface area (Å²) in [5, 5.41) is 31.0. The van der Waals surface area contributed by atoms with Crippen LogP contribution in [0.4, 0.5) is 0 Å². The number of hydrogen-bond donors (Lipinski definition) is 3. The van der Waals surface area contributed by atoms with Crippen molar-refractivity contribution < 1.29 is 24.9 Å². The van der Waals surface area contributed by atoms with Gasteiger partial charge in [0.1, 0.15) is 11.5 Å². The van der Waals surface area contributed by atoms with Crippen LogP contribution in [0.2, 0.25) is 0 Å². The highest BCUT2D eigenvalue weighted by atomic mass is 16.5. The van der Waals surface area contributed by atoms with E-state index in [1.165, 1.54) is 40.5 Å². The zero-order valence-corrected chi connectivity index (χ0v) is 27.9. The molecule has 0 amide bonds. The number of carbonyl (C=O) groups excluding carboxylic acids is 1. The van der Waals surface area contributed by atoms with Gasteiger partial charge in [0.25, 0.3) is 0 Å². The van der Waals surface area contributed by atoms with Crippen LogP contribution in [-0.4, -0.2) is 38.9 Å². The number of phenols is 2. The minimum absolute atomic E-state index is 0.0779. The van der Waals surface area contributed by atoms with Gasteiger partial charge in [0.05, 0.1) is 23.4 Å². The maximum atomic E-state index is 13.6. The lowest BCUT2D eigenvalue weighted by atomic mass is 9.88. The van der Waals surface area contributed by atoms with E-state index in [-0.39, 0.29) is 34.9 Å². The highest BCUT2D eigenvalue weighted by Crippen LogP contribution is 2.38. The van der Waals surface area contributed by atoms with E-state index in [1.807, 2.05) is 13.8 Å². The number of ketones is 1. The molecule has 3 N–H and O–H groups in total. The van der Waals surface area contributed by atoms with Crippen LogP contribution in [-0.2, 0) is 4.74 Å². The molecular formula is C38H56O5. The largest absolute Gasteiger partial charge is 0.508 e. The Hall–Kier alpha value is -2.89. The van der Waals surface area contributed by atoms with Gasteiger partial charge in [-0.05, 0) is 124 Å². The monoisotopic (exact) mass is 592 g/mol. The third-order valence-electron chi connectivity index (χ3n) is 8.47. The second-order valence-electron chi connectivity index (χ2n) is 13.1. The van der Waals surface area contributed by atoms with Gasteiger partial charge in [0.2, 0.25) is 0 Å². The van der Waals surface area contributed by atoms with Crippen molar-refractivity contribution in [2.75, 3.05) is 0 Å². The molecule has 2 rings (SSSR count). The molecule has 0 radical (unpaired) electrons. The van der Waals surface area contributed by atoms with Gasteiger partial charge in [-0.3, -0.25) is 4.79 Å². The minimum atomic E-state index is -0.600. The highest BCUT2D eigenvalue weighted by molar-refractivity contribution is 6.00. The topological polar surface area (TPSA) is 87.0 Å². The molecule has 43 heavy (non-hydrogen) atoms. The number of aliphatic hydroxyl groups excluding tert-OH is 1. The molecule has 0 bridgehead atoms. The fourth-order valence-electron chi connectivity index (χ4n) is 5.46. The Bertz CT molecular complexity index is 1220. The number of Topliss-reactive ketones (excluding diaryl/α,β-unsaturated/α-hetero) is 1. The molecule has 2 unspecified atom stereocenters. The molecule has 0 saturated carbocycles. The molecule has 4 atom stereocenters. The van der Waals surface area contributed by atoms with Crippen molar-refractivity contribution in [3.63, 3.8) is 0 Å². The molecule has 1 aliphatic heterocycles. The molecule has 1 aliphatic rings. The van der Waals surface area contributed by atoms with Gasteiger partial charge in [-0.25, -0.2) is 0 Å². The number of ether oxygens (including phenoxy) is 1. The van der Waals surface area contributed by atoms with Gasteiger partial charge in [-0.1, -0.05) is 52.7 Å². The van der Waals surface area contributed by atoms with Gasteiger partial charge in [-0.2, -0.15) is 0 Å². The first kappa shape index (κ1) is 36.3. The first-order valence-electron chi connectivity index (χ1n) is 15.9. The number of allylic oxidation sites excluding steroid dienone is 9. The maximum Gasteiger partial charge on any atom is 0.170 e. The summed E-state index contributed by atoms with van der Waals surface area (Å²) in [6.07, 6.45) is 17.4. The fourth-order valence-corrected chi connectivity index (χ4v) is 5.46. The third kappa shape index (κ3) is 12.3. The summed E-state index contributed by atoms with van der Waals surface area (Å²) >= 11 is 0. The molecule has 238 valence electrons. The Kier molecular flexibility index (Phi) is 14.7. The summed E-state index contributed by atoms with van der Waals surface area (Å²) < 4.78 is 6.39. The van der Waals surface area contributed by atoms with Crippen LogP contribution in [0.1, 0.15) is 124 Å². The van der Waals surface area contributed by atoms with E-state index >= 15 is 0 Å². The van der Waals surface area contributed by atoms with E-state index in [0.717, 1.165) is 44.1 Å². The number of carbonyl (C=O) groups is 1. The van der Waals surface area contributed by atoms with Crippen molar-refractivity contribution >= 4 is 5.78 Å². The van der Waals surface area contributed by atoms with Crippen molar-refractivity contribution in [2.45, 2.75) is 131 Å². The molecule has 1 fully saturated rings. The first-order chi connectivity index (χ1) is 20.2. The Morgan fingerprint density at radius 2 is 1.47 bits per heavy atom. The number of rotatable bonds is 16. The maximum absolute atomic E-state index is 13.6. The second-order valence-corrected chi connectivity index (χ2v) is 13.1. The van der Waals surface area contributed by atoms with E-state index < -0.39 is 11.7 Å². The lowest BCUT2D eigenvalue weighted by Crippen LogP contribution is -2.35. The summed E-state index contributed by atoms with van der Waals surface area (Å²) in [7, 11) is 0. The van der Waals surface area contributed by atoms with Crippen LogP contribution in [0.3, 0.4) is 0 Å². The molecule has 1 heterocycles. The Labute approximate surface area is 260 Å². The SMILES string of the molecule is CC(C)=CCC/C(C)=C/CC/C(C)=C/CC(C/C=C(\C)C1C[C@H](O)[C@@](C)(CCC=C(C)C)O1)C(=O)c1ccc(O)cc1O. The van der Waals surface area contributed by atoms with Gasteiger partial charge in [0.15, 0.2) is 5.78 Å². The summed E-state index contributed by atoms with van der Waals surface area (Å²) in [6.45, 7) is 16.7. The average molecular weight is 593 g/mol. The molecule has 5 nitrogen and oxygen atoms in total. The van der Waals surface area contributed by atoms with Crippen molar-refractivity contribution in [1.29, 1.82) is 0 Å². The molecule has 0 spiro atoms. The summed E-state index contributed by atoms with van der Waals surface area (Å²) in [4.78, 5) is 13.6. The summed E-state index contributed by atoms with van der Waals surface area (Å²) in [6, 6.07) is 4.13. The van der Waals surface area contributed by atoms with Crippen LogP contribution in [0.25, 0.3) is 0 Å². The average Bonchev–Trinajstić information content (AvgIpc) is 3.21. The number of aliphatic hydroxyl groups is 1. The van der Waals surface area contributed by atoms with E-state index in [0.29, 0.717) is 19.3 Å². The van der Waals surface area contributed by atoms with Crippen LogP contribution in [0.5, 0.6) is 11.5 Å². The second kappa shape index (κ2) is 17.4. The van der Waals surface area contributed by atoms with E-state index in [9.17, 15) is 20.1 Å². The minimum Gasteiger partial charge on any atom is -0.508 e. The molecule has 5 heteroatoms. The van der Waals surface area contributed by atoms with Gasteiger partial charge >= 0.3 is 0 Å². The molecular weight excluding hydrogens is 536 g/mol. The zero-order chi connectivity index (χ0) is 32.2. The molecule has 1 aromatic rings. The van der Waals surface area contributed by atoms with E-state index in [2.05, 4.69) is 71.9 Å². The third-order valence-corrected chi connectivity index (χ3v) is 8.47. The van der Waals surface area contributed by atoms with Crippen molar-refractivity contribution in [2.24, 2.45) is 5.92 Å². The smallest absolute Gasteiger partial charge is 0.170 e. The summed E-state index contributed by atoms with van der Waals surface area (Å²) in [5.74, 6) is -0.818. The van der Waals surface area contributed by atoms with Gasteiger partial charge in [-0.15, -0.1) is 0 Å². The van der Waals surface area contributed by atoms with Gasteiger partial charge < -0.3 is 20.1 Å². The predicted molar refractivity (Wildman–Crippen MR) is 179 cm³/mol. The molecule has 0 aromatic heterocycles. The normalized spacial score (nSPS) is 21.9. The number of phenolic OH excluding ortho intramolecular Hbond substituents is 2. The van der Waals surface area contributed by atoms with Crippen molar-refractivity contribution in [3.8, 4) is 11.5 Å². The van der Waals surface area contributed by atoms with Crippen molar-refractivity contribution in [3.05, 3.63) is 82.0 Å². The first-order valence-corrected chi connectivity index (χ1v) is 15.9. The van der Waals surface area contributed by atoms with E-state index in [4.69, 9.17) is 4.74 Å². The van der Waals surface area contributed by atoms with Crippen LogP contribution in [0, 0.1) is 5.92 Å². The van der Waals surface area contributed by atoms with E-state index in [1.54, 1.807) is 0 Å². The van der Waals surface area contributed by atoms with Gasteiger partial charge in [0, 0.05) is 18.4 Å². The number of hydrogen-bond acceptors (Lipinski definition) is 5. The number of aromatic hydroxyl groups is 2. The zero-order valence-electron chi connectivity index (χ0n) is 27.9. The van der Waals surface area contributed by atoms with Crippen LogP contribution >= 0.6 is 0 Å². The quantitative estimate of drug-likeness (QED) is 0.131. The predicted octanol–water partition coefficient (Wildman–Crippen LogP) is 9.70. The summed E-state index contributed by atoms with van der Waals surface area (Å²) in [5.41, 5.74) is 5.86. The number of benzene rings is 1.